The number of fused-ring (bicyclic) bond motifs is 1. The minimum Gasteiger partial charge on any atom is -0.487 e. The highest BCUT2D eigenvalue weighted by atomic mass is 19.4. The molecule has 2 aromatic heterocycles. The number of ether oxygens (including phenoxy) is 1. The van der Waals surface area contributed by atoms with Crippen LogP contribution in [0.3, 0.4) is 0 Å². The zero-order chi connectivity index (χ0) is 21.6. The lowest BCUT2D eigenvalue weighted by Crippen LogP contribution is -2.45. The van der Waals surface area contributed by atoms with E-state index in [0.29, 0.717) is 29.7 Å². The van der Waals surface area contributed by atoms with Crippen molar-refractivity contribution in [3.05, 3.63) is 29.7 Å². The van der Waals surface area contributed by atoms with E-state index >= 15 is 0 Å². The van der Waals surface area contributed by atoms with Crippen LogP contribution in [0.1, 0.15) is 37.1 Å². The van der Waals surface area contributed by atoms with Crippen molar-refractivity contribution in [1.29, 1.82) is 0 Å². The molecule has 1 fully saturated rings. The van der Waals surface area contributed by atoms with E-state index in [0.717, 1.165) is 30.9 Å². The molecular weight excluding hydrogens is 401 g/mol. The van der Waals surface area contributed by atoms with Crippen LogP contribution in [0.5, 0.6) is 5.75 Å². The van der Waals surface area contributed by atoms with Gasteiger partial charge in [0.25, 0.3) is 0 Å². The normalized spacial score (nSPS) is 23.5. The Morgan fingerprint density at radius 2 is 1.90 bits per heavy atom. The SMILES string of the molecule is Cc1nc(CC2CC(Oc3cnc(C(F)(F)F)nc3)C2)nc2c1NC(=O)[C@H](C)N2C. The van der Waals surface area contributed by atoms with Crippen molar-refractivity contribution >= 4 is 17.4 Å². The number of hydrogen-bond donors (Lipinski definition) is 1. The van der Waals surface area contributed by atoms with Crippen LogP contribution >= 0.6 is 0 Å². The molecule has 0 saturated heterocycles. The van der Waals surface area contributed by atoms with Crippen LogP contribution in [0.4, 0.5) is 24.7 Å². The average molecular weight is 422 g/mol. The number of aryl methyl sites for hydroxylation is 1. The topological polar surface area (TPSA) is 93.1 Å². The first-order valence-corrected chi connectivity index (χ1v) is 9.59. The van der Waals surface area contributed by atoms with Crippen LogP contribution in [-0.2, 0) is 17.4 Å². The Balaban J connectivity index is 1.35. The van der Waals surface area contributed by atoms with E-state index in [2.05, 4.69) is 25.3 Å². The number of amides is 1. The third-order valence-corrected chi connectivity index (χ3v) is 5.51. The van der Waals surface area contributed by atoms with Crippen LogP contribution in [0.15, 0.2) is 12.4 Å². The van der Waals surface area contributed by atoms with E-state index in [1.807, 2.05) is 25.8 Å². The Morgan fingerprint density at radius 1 is 1.23 bits per heavy atom. The number of nitrogens with zero attached hydrogens (tertiary/aromatic N) is 5. The van der Waals surface area contributed by atoms with E-state index < -0.39 is 12.0 Å². The van der Waals surface area contributed by atoms with Gasteiger partial charge in [-0.3, -0.25) is 4.79 Å². The highest BCUT2D eigenvalue weighted by molar-refractivity contribution is 6.02. The summed E-state index contributed by atoms with van der Waals surface area (Å²) in [6, 6.07) is -0.313. The van der Waals surface area contributed by atoms with Crippen LogP contribution in [0, 0.1) is 12.8 Å². The Kier molecular flexibility index (Phi) is 4.99. The molecule has 4 rings (SSSR count). The number of nitrogens with one attached hydrogen (secondary N) is 1. The van der Waals surface area contributed by atoms with Crippen LogP contribution in [0.25, 0.3) is 0 Å². The van der Waals surface area contributed by atoms with Crippen molar-refractivity contribution in [2.75, 3.05) is 17.3 Å². The van der Waals surface area contributed by atoms with Gasteiger partial charge < -0.3 is 15.0 Å². The van der Waals surface area contributed by atoms with Crippen LogP contribution in [-0.4, -0.2) is 45.0 Å². The summed E-state index contributed by atoms with van der Waals surface area (Å²) in [5.74, 6) is 0.663. The van der Waals surface area contributed by atoms with Gasteiger partial charge in [-0.15, -0.1) is 0 Å². The van der Waals surface area contributed by atoms with Gasteiger partial charge >= 0.3 is 6.18 Å². The highest BCUT2D eigenvalue weighted by Crippen LogP contribution is 2.36. The summed E-state index contributed by atoms with van der Waals surface area (Å²) in [5, 5.41) is 2.86. The molecule has 8 nitrogen and oxygen atoms in total. The Hall–Kier alpha value is -2.98. The Morgan fingerprint density at radius 3 is 2.53 bits per heavy atom. The summed E-state index contributed by atoms with van der Waals surface area (Å²) >= 11 is 0. The van der Waals surface area contributed by atoms with Crippen molar-refractivity contribution in [3.8, 4) is 5.75 Å². The number of likely N-dealkylation sites (N-methyl/N-ethyl adjacent to an activating group) is 1. The number of carbonyl (C=O) groups excluding carboxylic acids is 1. The molecule has 1 atom stereocenters. The quantitative estimate of drug-likeness (QED) is 0.810. The summed E-state index contributed by atoms with van der Waals surface area (Å²) in [4.78, 5) is 29.6. The average Bonchev–Trinajstić information content (AvgIpc) is 2.65. The maximum Gasteiger partial charge on any atom is 0.451 e. The number of carbonyl (C=O) groups is 1. The predicted octanol–water partition coefficient (Wildman–Crippen LogP) is 2.77. The van der Waals surface area contributed by atoms with Gasteiger partial charge in [0.05, 0.1) is 24.2 Å². The number of alkyl halides is 3. The van der Waals surface area contributed by atoms with Crippen LogP contribution < -0.4 is 15.0 Å². The monoisotopic (exact) mass is 422 g/mol. The summed E-state index contributed by atoms with van der Waals surface area (Å²) in [7, 11) is 1.83. The smallest absolute Gasteiger partial charge is 0.451 e. The fourth-order valence-electron chi connectivity index (χ4n) is 3.61. The molecule has 0 unspecified atom stereocenters. The standard InChI is InChI=1S/C19H21F3N6O2/c1-9-15-16(28(3)10(2)17(29)27-15)26-14(25-9)6-11-4-12(5-11)30-13-7-23-18(24-8-13)19(20,21)22/h7-8,10-12H,4-6H2,1-3H3,(H,27,29)/t10-,11?,12?/m0/s1. The lowest BCUT2D eigenvalue weighted by atomic mass is 9.80. The van der Waals surface area contributed by atoms with Gasteiger partial charge in [-0.2, -0.15) is 13.2 Å². The summed E-state index contributed by atoms with van der Waals surface area (Å²) in [6.07, 6.45) is -0.437. The second-order valence-electron chi connectivity index (χ2n) is 7.72. The van der Waals surface area contributed by atoms with Crippen molar-refractivity contribution in [1.82, 2.24) is 19.9 Å². The van der Waals surface area contributed by atoms with E-state index in [9.17, 15) is 18.0 Å². The minimum absolute atomic E-state index is 0.0873. The molecule has 1 N–H and O–H groups in total. The number of aromatic nitrogens is 4. The largest absolute Gasteiger partial charge is 0.487 e. The van der Waals surface area contributed by atoms with E-state index in [4.69, 9.17) is 4.74 Å². The molecule has 30 heavy (non-hydrogen) atoms. The second-order valence-corrected chi connectivity index (χ2v) is 7.72. The Bertz CT molecular complexity index is 960. The lowest BCUT2D eigenvalue weighted by molar-refractivity contribution is -0.145. The van der Waals surface area contributed by atoms with Gasteiger partial charge in [0.1, 0.15) is 17.6 Å². The fraction of sp³-hybridized carbons (Fsp3) is 0.526. The van der Waals surface area contributed by atoms with Crippen molar-refractivity contribution in [2.45, 2.75) is 51.4 Å². The molecule has 0 aromatic carbocycles. The summed E-state index contributed by atoms with van der Waals surface area (Å²) in [6.45, 7) is 3.65. The maximum absolute atomic E-state index is 12.5. The predicted molar refractivity (Wildman–Crippen MR) is 101 cm³/mol. The van der Waals surface area contributed by atoms with Gasteiger partial charge in [-0.1, -0.05) is 0 Å². The number of anilines is 2. The van der Waals surface area contributed by atoms with Gasteiger partial charge in [0, 0.05) is 13.5 Å². The third kappa shape index (κ3) is 3.88. The molecular formula is C19H21F3N6O2. The zero-order valence-electron chi connectivity index (χ0n) is 16.7. The molecule has 2 aliphatic rings. The zero-order valence-corrected chi connectivity index (χ0v) is 16.7. The molecule has 0 radical (unpaired) electrons. The van der Waals surface area contributed by atoms with Crippen molar-refractivity contribution < 1.29 is 22.7 Å². The van der Waals surface area contributed by atoms with E-state index in [-0.39, 0.29) is 23.8 Å². The molecule has 1 saturated carbocycles. The third-order valence-electron chi connectivity index (χ3n) is 5.51. The van der Waals surface area contributed by atoms with Gasteiger partial charge in [0.2, 0.25) is 11.7 Å². The first kappa shape index (κ1) is 20.3. The molecule has 1 aliphatic carbocycles. The molecule has 1 aliphatic heterocycles. The lowest BCUT2D eigenvalue weighted by Gasteiger charge is -2.36. The molecule has 11 heteroatoms. The Labute approximate surface area is 170 Å². The maximum atomic E-state index is 12.5. The number of hydrogen-bond acceptors (Lipinski definition) is 7. The number of rotatable bonds is 4. The second kappa shape index (κ2) is 7.37. The van der Waals surface area contributed by atoms with Crippen molar-refractivity contribution in [2.24, 2.45) is 5.92 Å². The first-order chi connectivity index (χ1) is 14.1. The molecule has 3 heterocycles. The fourth-order valence-corrected chi connectivity index (χ4v) is 3.61. The first-order valence-electron chi connectivity index (χ1n) is 9.59. The van der Waals surface area contributed by atoms with Crippen LogP contribution in [0.2, 0.25) is 0 Å². The minimum atomic E-state index is -4.57. The molecule has 0 spiro atoms. The van der Waals surface area contributed by atoms with Gasteiger partial charge in [-0.05, 0) is 32.6 Å². The van der Waals surface area contributed by atoms with E-state index in [1.165, 1.54) is 0 Å². The van der Waals surface area contributed by atoms with Gasteiger partial charge in [-0.25, -0.2) is 19.9 Å². The van der Waals surface area contributed by atoms with Gasteiger partial charge in [0.15, 0.2) is 11.6 Å². The molecule has 160 valence electrons. The van der Waals surface area contributed by atoms with E-state index in [1.54, 1.807) is 0 Å². The van der Waals surface area contributed by atoms with Crippen molar-refractivity contribution in [3.63, 3.8) is 0 Å². The molecule has 1 amide bonds. The molecule has 2 aromatic rings. The summed E-state index contributed by atoms with van der Waals surface area (Å²) < 4.78 is 43.2. The molecule has 0 bridgehead atoms. The highest BCUT2D eigenvalue weighted by Gasteiger charge is 2.36. The summed E-state index contributed by atoms with van der Waals surface area (Å²) in [5.41, 5.74) is 1.36. The number of halogens is 3.